The van der Waals surface area contributed by atoms with Crippen LogP contribution in [-0.2, 0) is 14.9 Å². The lowest BCUT2D eigenvalue weighted by Gasteiger charge is -2.16. The number of aromatic nitrogens is 2. The molecule has 3 heterocycles. The average Bonchev–Trinajstić information content (AvgIpc) is 3.22. The first-order valence-electron chi connectivity index (χ1n) is 12.7. The van der Waals surface area contributed by atoms with E-state index >= 15 is 0 Å². The first-order chi connectivity index (χ1) is 17.7. The number of aromatic amines is 1. The Kier molecular flexibility index (Phi) is 5.04. The van der Waals surface area contributed by atoms with Gasteiger partial charge in [-0.3, -0.25) is 9.89 Å². The van der Waals surface area contributed by atoms with Gasteiger partial charge in [-0.2, -0.15) is 5.10 Å². The number of hydrogen-bond donors (Lipinski definition) is 3. The number of carbonyl (C=O) groups excluding carboxylic acids is 1. The molecule has 2 fully saturated rings. The molecule has 3 atom stereocenters. The highest BCUT2D eigenvalue weighted by atomic mass is 16.5. The molecule has 3 N–H and O–H groups in total. The Morgan fingerprint density at radius 1 is 1.14 bits per heavy atom. The van der Waals surface area contributed by atoms with Crippen molar-refractivity contribution >= 4 is 34.1 Å². The molecule has 6 heteroatoms. The first-order valence-corrected chi connectivity index (χ1v) is 12.7. The fourth-order valence-electron chi connectivity index (χ4n) is 6.02. The fourth-order valence-corrected chi connectivity index (χ4v) is 6.02. The minimum Gasteiger partial charge on any atom is -0.380 e. The number of carbonyl (C=O) groups is 1. The third-order valence-corrected chi connectivity index (χ3v) is 8.00. The van der Waals surface area contributed by atoms with Crippen LogP contribution in [0, 0.1) is 0 Å². The molecule has 2 unspecified atom stereocenters. The molecule has 1 saturated heterocycles. The van der Waals surface area contributed by atoms with Gasteiger partial charge in [-0.25, -0.2) is 0 Å². The Balaban J connectivity index is 1.31. The quantitative estimate of drug-likeness (QED) is 0.347. The molecule has 2 aliphatic heterocycles. The van der Waals surface area contributed by atoms with Gasteiger partial charge in [0.05, 0.1) is 23.7 Å². The van der Waals surface area contributed by atoms with E-state index in [-0.39, 0.29) is 11.8 Å². The minimum absolute atomic E-state index is 0.114. The summed E-state index contributed by atoms with van der Waals surface area (Å²) >= 11 is 0. The number of nitrogens with zero attached hydrogens (tertiary/aromatic N) is 1. The predicted octanol–water partition coefficient (Wildman–Crippen LogP) is 4.86. The van der Waals surface area contributed by atoms with Gasteiger partial charge in [0.15, 0.2) is 0 Å². The molecule has 0 radical (unpaired) electrons. The largest absolute Gasteiger partial charge is 0.380 e. The molecule has 7 rings (SSSR count). The van der Waals surface area contributed by atoms with Gasteiger partial charge >= 0.3 is 0 Å². The van der Waals surface area contributed by atoms with E-state index in [1.54, 1.807) is 0 Å². The fraction of sp³-hybridized carbons (Fsp3) is 0.267. The summed E-state index contributed by atoms with van der Waals surface area (Å²) < 4.78 is 5.59. The van der Waals surface area contributed by atoms with E-state index in [9.17, 15) is 4.79 Å². The van der Waals surface area contributed by atoms with Crippen molar-refractivity contribution in [1.29, 1.82) is 0 Å². The Bertz CT molecular complexity index is 1490. The summed E-state index contributed by atoms with van der Waals surface area (Å²) in [4.78, 5) is 13.2. The van der Waals surface area contributed by atoms with Crippen LogP contribution in [0.3, 0.4) is 0 Å². The summed E-state index contributed by atoms with van der Waals surface area (Å²) in [5.41, 5.74) is 7.29. The zero-order valence-electron chi connectivity index (χ0n) is 20.0. The summed E-state index contributed by atoms with van der Waals surface area (Å²) in [6.45, 7) is 2.29. The van der Waals surface area contributed by atoms with E-state index in [2.05, 4.69) is 69.4 Å². The van der Waals surface area contributed by atoms with Crippen LogP contribution in [-0.4, -0.2) is 41.9 Å². The number of rotatable bonds is 6. The number of amides is 1. The monoisotopic (exact) mass is 476 g/mol. The SMILES string of the molecule is O=C1Nc2ccccc2C12CC2c1cc(/C(=C\c2ccccc2)CN[C@@H]2CCOC2)c2cn[nH]c2c1. The van der Waals surface area contributed by atoms with Crippen LogP contribution in [0.1, 0.15) is 41.0 Å². The first kappa shape index (κ1) is 21.5. The van der Waals surface area contributed by atoms with Crippen molar-refractivity contribution in [3.05, 3.63) is 95.2 Å². The van der Waals surface area contributed by atoms with E-state index in [0.29, 0.717) is 6.04 Å². The van der Waals surface area contributed by atoms with E-state index in [1.807, 2.05) is 30.5 Å². The summed E-state index contributed by atoms with van der Waals surface area (Å²) in [7, 11) is 0. The molecule has 1 spiro atoms. The number of anilines is 1. The number of benzene rings is 3. The Morgan fingerprint density at radius 2 is 2.00 bits per heavy atom. The number of H-pyrrole nitrogens is 1. The summed E-state index contributed by atoms with van der Waals surface area (Å²) in [6, 6.07) is 23.4. The smallest absolute Gasteiger partial charge is 0.235 e. The lowest BCUT2D eigenvalue weighted by molar-refractivity contribution is -0.118. The van der Waals surface area contributed by atoms with Crippen LogP contribution < -0.4 is 10.6 Å². The summed E-state index contributed by atoms with van der Waals surface area (Å²) in [5.74, 6) is 0.254. The lowest BCUT2D eigenvalue weighted by atomic mass is 9.89. The molecule has 1 saturated carbocycles. The molecule has 3 aromatic carbocycles. The molecule has 4 aromatic rings. The molecular formula is C30H28N4O2. The van der Waals surface area contributed by atoms with Gasteiger partial charge in [0.2, 0.25) is 5.91 Å². The van der Waals surface area contributed by atoms with Gasteiger partial charge in [0.25, 0.3) is 0 Å². The number of para-hydroxylation sites is 1. The number of hydrogen-bond acceptors (Lipinski definition) is 4. The van der Waals surface area contributed by atoms with Crippen molar-refractivity contribution in [3.63, 3.8) is 0 Å². The predicted molar refractivity (Wildman–Crippen MR) is 142 cm³/mol. The maximum atomic E-state index is 13.2. The zero-order valence-corrected chi connectivity index (χ0v) is 20.0. The second-order valence-electron chi connectivity index (χ2n) is 10.1. The third-order valence-electron chi connectivity index (χ3n) is 8.00. The summed E-state index contributed by atoms with van der Waals surface area (Å²) in [6.07, 6.45) is 6.02. The highest BCUT2D eigenvalue weighted by molar-refractivity contribution is 6.10. The third kappa shape index (κ3) is 3.48. The van der Waals surface area contributed by atoms with Gasteiger partial charge in [-0.05, 0) is 58.9 Å². The average molecular weight is 477 g/mol. The van der Waals surface area contributed by atoms with Crippen LogP contribution in [0.2, 0.25) is 0 Å². The molecular weight excluding hydrogens is 448 g/mol. The van der Waals surface area contributed by atoms with Crippen LogP contribution >= 0.6 is 0 Å². The Hall–Kier alpha value is -3.74. The van der Waals surface area contributed by atoms with Crippen molar-refractivity contribution < 1.29 is 9.53 Å². The van der Waals surface area contributed by atoms with Crippen molar-refractivity contribution in [2.24, 2.45) is 0 Å². The molecule has 36 heavy (non-hydrogen) atoms. The number of fused-ring (bicyclic) bond motifs is 3. The topological polar surface area (TPSA) is 79.0 Å². The normalized spacial score (nSPS) is 24.9. The molecule has 1 aliphatic carbocycles. The van der Waals surface area contributed by atoms with Crippen LogP contribution in [0.5, 0.6) is 0 Å². The molecule has 3 aliphatic rings. The van der Waals surface area contributed by atoms with Crippen molar-refractivity contribution in [1.82, 2.24) is 15.5 Å². The Labute approximate surface area is 209 Å². The van der Waals surface area contributed by atoms with Crippen molar-refractivity contribution in [2.45, 2.75) is 30.2 Å². The highest BCUT2D eigenvalue weighted by Gasteiger charge is 2.65. The molecule has 1 aromatic heterocycles. The second-order valence-corrected chi connectivity index (χ2v) is 10.1. The van der Waals surface area contributed by atoms with E-state index in [0.717, 1.165) is 65.9 Å². The van der Waals surface area contributed by atoms with Gasteiger partial charge in [-0.1, -0.05) is 54.6 Å². The van der Waals surface area contributed by atoms with Gasteiger partial charge < -0.3 is 15.4 Å². The van der Waals surface area contributed by atoms with Gasteiger partial charge in [0.1, 0.15) is 0 Å². The summed E-state index contributed by atoms with van der Waals surface area (Å²) in [5, 5.41) is 15.5. The maximum absolute atomic E-state index is 13.2. The van der Waals surface area contributed by atoms with E-state index < -0.39 is 5.41 Å². The Morgan fingerprint density at radius 3 is 2.86 bits per heavy atom. The number of ether oxygens (including phenoxy) is 1. The standard InChI is InChI=1S/C30H28N4O2/c35-29-30(25-8-4-5-9-27(25)33-29)15-26(30)20-13-23(24-17-32-34-28(24)14-20)21(12-19-6-2-1-3-7-19)16-31-22-10-11-36-18-22/h1-9,12-14,17,22,26,31H,10-11,15-16,18H2,(H,32,34)(H,33,35)/b21-12-/t22-,26?,30?/m1/s1. The minimum atomic E-state index is -0.468. The number of nitrogens with one attached hydrogen (secondary N) is 3. The van der Waals surface area contributed by atoms with Crippen LogP contribution in [0.15, 0.2) is 72.9 Å². The van der Waals surface area contributed by atoms with Crippen molar-refractivity contribution in [3.8, 4) is 0 Å². The van der Waals surface area contributed by atoms with Gasteiger partial charge in [0, 0.05) is 36.2 Å². The lowest BCUT2D eigenvalue weighted by Crippen LogP contribution is -2.30. The molecule has 1 amide bonds. The van der Waals surface area contributed by atoms with E-state index in [4.69, 9.17) is 4.74 Å². The van der Waals surface area contributed by atoms with Crippen molar-refractivity contribution in [2.75, 3.05) is 25.1 Å². The molecule has 180 valence electrons. The maximum Gasteiger partial charge on any atom is 0.235 e. The van der Waals surface area contributed by atoms with Crippen LogP contribution in [0.25, 0.3) is 22.6 Å². The van der Waals surface area contributed by atoms with Gasteiger partial charge in [-0.15, -0.1) is 0 Å². The van der Waals surface area contributed by atoms with Crippen LogP contribution in [0.4, 0.5) is 5.69 Å². The molecule has 6 nitrogen and oxygen atoms in total. The van der Waals surface area contributed by atoms with E-state index in [1.165, 1.54) is 11.1 Å². The zero-order chi connectivity index (χ0) is 24.1. The highest BCUT2D eigenvalue weighted by Crippen LogP contribution is 2.65. The second kappa shape index (κ2) is 8.43. The molecule has 0 bridgehead atoms.